The number of benzene rings is 2. The van der Waals surface area contributed by atoms with E-state index < -0.39 is 59.7 Å². The van der Waals surface area contributed by atoms with Crippen LogP contribution in [0.15, 0.2) is 60.7 Å². The van der Waals surface area contributed by atoms with Gasteiger partial charge in [0.05, 0.1) is 12.1 Å². The highest BCUT2D eigenvalue weighted by Crippen LogP contribution is 2.29. The van der Waals surface area contributed by atoms with Gasteiger partial charge in [-0.05, 0) is 94.5 Å². The van der Waals surface area contributed by atoms with Crippen LogP contribution in [0.2, 0.25) is 0 Å². The third-order valence-corrected chi connectivity index (χ3v) is 12.2. The summed E-state index contributed by atoms with van der Waals surface area (Å²) in [6.07, 6.45) is 11.8. The summed E-state index contributed by atoms with van der Waals surface area (Å²) in [7, 11) is 0. The Balaban J connectivity index is 1.41. The van der Waals surface area contributed by atoms with Crippen molar-refractivity contribution in [2.24, 2.45) is 23.1 Å². The fourth-order valence-corrected chi connectivity index (χ4v) is 8.89. The Bertz CT molecular complexity index is 1600. The minimum absolute atomic E-state index is 0.0990. The Labute approximate surface area is 345 Å². The third-order valence-electron chi connectivity index (χ3n) is 12.2. The quantitative estimate of drug-likeness (QED) is 0.125. The average molecular weight is 801 g/mol. The topological polar surface area (TPSA) is 197 Å². The summed E-state index contributed by atoms with van der Waals surface area (Å²) >= 11 is 0. The Morgan fingerprint density at radius 1 is 0.724 bits per heavy atom. The molecule has 0 bridgehead atoms. The van der Waals surface area contributed by atoms with E-state index in [0.29, 0.717) is 64.6 Å². The fraction of sp³-hybridized carbons (Fsp3) is 0.622. The van der Waals surface area contributed by atoms with Crippen molar-refractivity contribution in [2.75, 3.05) is 39.3 Å². The van der Waals surface area contributed by atoms with Crippen LogP contribution in [0.25, 0.3) is 0 Å². The van der Waals surface area contributed by atoms with Crippen molar-refractivity contribution in [1.82, 2.24) is 25.3 Å². The normalized spacial score (nSPS) is 19.8. The lowest BCUT2D eigenvalue weighted by Gasteiger charge is -2.37. The zero-order chi connectivity index (χ0) is 41.3. The number of imide groups is 1. The summed E-state index contributed by atoms with van der Waals surface area (Å²) in [6.45, 7) is 3.68. The molecule has 58 heavy (non-hydrogen) atoms. The largest absolute Gasteiger partial charge is 0.353 e. The molecule has 1 saturated carbocycles. The highest BCUT2D eigenvalue weighted by molar-refractivity contribution is 6.05. The summed E-state index contributed by atoms with van der Waals surface area (Å²) in [4.78, 5) is 77.1. The van der Waals surface area contributed by atoms with Crippen LogP contribution in [-0.2, 0) is 36.8 Å². The van der Waals surface area contributed by atoms with Crippen LogP contribution in [0.5, 0.6) is 0 Å². The molecule has 0 aromatic heterocycles. The molecule has 0 spiro atoms. The molecule has 2 aromatic carbocycles. The third kappa shape index (κ3) is 13.2. The second kappa shape index (κ2) is 23.4. The molecule has 0 radical (unpaired) electrons. The van der Waals surface area contributed by atoms with Crippen molar-refractivity contribution < 1.29 is 24.0 Å². The SMILES string of the molecule is NCCCC[C@H](NC(=O)[C@@H](N)Cc1ccccc1)C(=O)N1CCC[C@H]1C(=O)N(C(=O)[C@H](N)CC1CCCCC1)[C@@H](Cc1ccccc1)C(=O)NCCN1CCCCC1. The molecule has 1 aliphatic carbocycles. The first-order chi connectivity index (χ1) is 28.2. The number of amides is 5. The van der Waals surface area contributed by atoms with Gasteiger partial charge in [0, 0.05) is 26.1 Å². The van der Waals surface area contributed by atoms with E-state index in [1.165, 1.54) is 11.3 Å². The molecule has 0 unspecified atom stereocenters. The lowest BCUT2D eigenvalue weighted by atomic mass is 9.84. The predicted octanol–water partition coefficient (Wildman–Crippen LogP) is 3.03. The second-order valence-electron chi connectivity index (χ2n) is 16.6. The van der Waals surface area contributed by atoms with Crippen molar-refractivity contribution in [3.8, 4) is 0 Å². The number of unbranched alkanes of at least 4 members (excludes halogenated alkanes) is 1. The minimum Gasteiger partial charge on any atom is -0.353 e. The Morgan fingerprint density at radius 2 is 1.36 bits per heavy atom. The number of hydrogen-bond donors (Lipinski definition) is 5. The number of likely N-dealkylation sites (tertiary alicyclic amines) is 2. The van der Waals surface area contributed by atoms with Crippen LogP contribution in [0.3, 0.4) is 0 Å². The molecule has 13 heteroatoms. The molecule has 5 atom stereocenters. The van der Waals surface area contributed by atoms with Gasteiger partial charge < -0.3 is 37.6 Å². The maximum absolute atomic E-state index is 15.1. The monoisotopic (exact) mass is 801 g/mol. The van der Waals surface area contributed by atoms with Crippen LogP contribution in [0, 0.1) is 5.92 Å². The van der Waals surface area contributed by atoms with Crippen molar-refractivity contribution >= 4 is 29.5 Å². The smallest absolute Gasteiger partial charge is 0.252 e. The molecule has 2 saturated heterocycles. The number of rotatable bonds is 20. The number of piperidine rings is 1. The molecule has 5 amide bonds. The number of nitrogens with one attached hydrogen (secondary N) is 2. The summed E-state index contributed by atoms with van der Waals surface area (Å²) in [6, 6.07) is 13.8. The fourth-order valence-electron chi connectivity index (χ4n) is 8.89. The van der Waals surface area contributed by atoms with Gasteiger partial charge in [-0.1, -0.05) is 99.2 Å². The summed E-state index contributed by atoms with van der Waals surface area (Å²) in [5, 5.41) is 5.96. The number of carbonyl (C=O) groups excluding carboxylic acids is 5. The molecular weight excluding hydrogens is 733 g/mol. The zero-order valence-electron chi connectivity index (χ0n) is 34.4. The molecule has 3 fully saturated rings. The summed E-state index contributed by atoms with van der Waals surface area (Å²) in [5.41, 5.74) is 20.6. The standard InChI is InChI=1S/C45H68N8O5/c46-24-12-11-22-38(50-41(54)36(47)30-33-16-5-1-6-17-33)44(57)52-28-15-23-39(52)45(58)53(43(56)37(48)31-34-18-7-2-8-19-34)40(32-35-20-9-3-10-21-35)42(55)49-25-29-51-26-13-4-14-27-51/h1,3,5-6,9-10,16-17,20-21,34,36-40H,2,4,7-8,11-15,18-19,22-32,46-48H2,(H,49,55)(H,50,54)/t36-,37+,38-,39-,40-/m0/s1. The lowest BCUT2D eigenvalue weighted by molar-refractivity contribution is -0.158. The van der Waals surface area contributed by atoms with Crippen molar-refractivity contribution in [3.63, 3.8) is 0 Å². The molecule has 5 rings (SSSR count). The van der Waals surface area contributed by atoms with Gasteiger partial charge in [-0.2, -0.15) is 0 Å². The van der Waals surface area contributed by atoms with E-state index in [1.807, 2.05) is 60.7 Å². The van der Waals surface area contributed by atoms with Crippen LogP contribution in [0.1, 0.15) is 101 Å². The van der Waals surface area contributed by atoms with Gasteiger partial charge >= 0.3 is 0 Å². The van der Waals surface area contributed by atoms with Gasteiger partial charge in [-0.3, -0.25) is 28.9 Å². The first kappa shape index (κ1) is 44.9. The van der Waals surface area contributed by atoms with Gasteiger partial charge in [0.1, 0.15) is 18.1 Å². The van der Waals surface area contributed by atoms with E-state index >= 15 is 4.79 Å². The average Bonchev–Trinajstić information content (AvgIpc) is 3.74. The Morgan fingerprint density at radius 3 is 2.02 bits per heavy atom. The van der Waals surface area contributed by atoms with Gasteiger partial charge in [0.15, 0.2) is 0 Å². The highest BCUT2D eigenvalue weighted by Gasteiger charge is 2.45. The molecule has 2 aromatic rings. The number of carbonyl (C=O) groups is 5. The number of nitrogens with two attached hydrogens (primary N) is 3. The van der Waals surface area contributed by atoms with E-state index in [4.69, 9.17) is 17.2 Å². The summed E-state index contributed by atoms with van der Waals surface area (Å²) < 4.78 is 0. The van der Waals surface area contributed by atoms with Crippen molar-refractivity contribution in [3.05, 3.63) is 71.8 Å². The number of hydrogen-bond acceptors (Lipinski definition) is 9. The first-order valence-corrected chi connectivity index (χ1v) is 21.9. The van der Waals surface area contributed by atoms with Crippen LogP contribution < -0.4 is 27.8 Å². The van der Waals surface area contributed by atoms with Crippen molar-refractivity contribution in [1.29, 1.82) is 0 Å². The van der Waals surface area contributed by atoms with E-state index in [9.17, 15) is 19.2 Å². The van der Waals surface area contributed by atoms with Crippen molar-refractivity contribution in [2.45, 2.75) is 133 Å². The Kier molecular flexibility index (Phi) is 18.1. The van der Waals surface area contributed by atoms with Crippen LogP contribution in [0.4, 0.5) is 0 Å². The molecule has 318 valence electrons. The molecule has 3 aliphatic rings. The Hall–Kier alpha value is -4.17. The van der Waals surface area contributed by atoms with E-state index in [-0.39, 0.29) is 18.9 Å². The molecule has 8 N–H and O–H groups in total. The predicted molar refractivity (Wildman–Crippen MR) is 226 cm³/mol. The van der Waals surface area contributed by atoms with Gasteiger partial charge in [0.25, 0.3) is 5.91 Å². The molecule has 2 aliphatic heterocycles. The van der Waals surface area contributed by atoms with E-state index in [2.05, 4.69) is 15.5 Å². The second-order valence-corrected chi connectivity index (χ2v) is 16.6. The van der Waals surface area contributed by atoms with E-state index in [1.54, 1.807) is 0 Å². The maximum Gasteiger partial charge on any atom is 0.252 e. The minimum atomic E-state index is -1.19. The molecule has 2 heterocycles. The van der Waals surface area contributed by atoms with Gasteiger partial charge in [-0.15, -0.1) is 0 Å². The molecular formula is C45H68N8O5. The number of nitrogens with zero attached hydrogens (tertiary/aromatic N) is 3. The summed E-state index contributed by atoms with van der Waals surface area (Å²) in [5.74, 6) is -2.27. The molecule has 13 nitrogen and oxygen atoms in total. The van der Waals surface area contributed by atoms with Crippen LogP contribution in [-0.4, -0.2) is 114 Å². The lowest BCUT2D eigenvalue weighted by Crippen LogP contribution is -2.62. The van der Waals surface area contributed by atoms with Gasteiger partial charge in [-0.25, -0.2) is 0 Å². The van der Waals surface area contributed by atoms with Crippen LogP contribution >= 0.6 is 0 Å². The maximum atomic E-state index is 15.1. The zero-order valence-corrected chi connectivity index (χ0v) is 34.4. The van der Waals surface area contributed by atoms with Gasteiger partial charge in [0.2, 0.25) is 23.6 Å². The highest BCUT2D eigenvalue weighted by atomic mass is 16.2. The van der Waals surface area contributed by atoms with E-state index in [0.717, 1.165) is 74.1 Å². The first-order valence-electron chi connectivity index (χ1n) is 21.9.